The first-order chi connectivity index (χ1) is 17.4. The molecule has 13 heteroatoms. The SMILES string of the molecule is CC(C)(C)OC(=O)NCCCCC(NC(=O)CNC(=O)C(=O)Nc1ccccc1F)C(=O)COCCF. The number of benzene rings is 1. The molecule has 1 atom stereocenters. The highest BCUT2D eigenvalue weighted by atomic mass is 19.1. The van der Waals surface area contributed by atoms with Gasteiger partial charge in [0.05, 0.1) is 24.9 Å². The number of rotatable bonds is 14. The van der Waals surface area contributed by atoms with Crippen molar-refractivity contribution in [2.24, 2.45) is 0 Å². The van der Waals surface area contributed by atoms with E-state index in [0.717, 1.165) is 6.07 Å². The fraction of sp³-hybridized carbons (Fsp3) is 0.542. The lowest BCUT2D eigenvalue weighted by molar-refractivity contribution is -0.137. The van der Waals surface area contributed by atoms with E-state index in [1.165, 1.54) is 18.2 Å². The maximum atomic E-state index is 13.6. The Morgan fingerprint density at radius 2 is 1.70 bits per heavy atom. The maximum Gasteiger partial charge on any atom is 0.407 e. The van der Waals surface area contributed by atoms with Gasteiger partial charge in [-0.3, -0.25) is 19.2 Å². The number of hydrogen-bond donors (Lipinski definition) is 4. The number of carbonyl (C=O) groups excluding carboxylic acids is 5. The summed E-state index contributed by atoms with van der Waals surface area (Å²) in [5, 5.41) is 9.20. The number of ether oxygens (including phenoxy) is 2. The summed E-state index contributed by atoms with van der Waals surface area (Å²) in [6.45, 7) is 3.36. The van der Waals surface area contributed by atoms with E-state index in [1.807, 2.05) is 0 Å². The summed E-state index contributed by atoms with van der Waals surface area (Å²) in [5.41, 5.74) is -0.841. The molecule has 0 aromatic heterocycles. The average molecular weight is 529 g/mol. The molecule has 1 aromatic rings. The number of hydrogen-bond acceptors (Lipinski definition) is 7. The van der Waals surface area contributed by atoms with Gasteiger partial charge in [0, 0.05) is 6.54 Å². The first kappa shape index (κ1) is 31.4. The summed E-state index contributed by atoms with van der Waals surface area (Å²) in [7, 11) is 0. The molecule has 0 saturated heterocycles. The number of halogens is 2. The van der Waals surface area contributed by atoms with Crippen LogP contribution in [0.4, 0.5) is 19.3 Å². The molecule has 0 aliphatic carbocycles. The van der Waals surface area contributed by atoms with Gasteiger partial charge in [-0.15, -0.1) is 0 Å². The Hall–Kier alpha value is -3.61. The van der Waals surface area contributed by atoms with Crippen LogP contribution in [0.2, 0.25) is 0 Å². The van der Waals surface area contributed by atoms with Gasteiger partial charge < -0.3 is 30.7 Å². The lowest BCUT2D eigenvalue weighted by atomic mass is 10.1. The van der Waals surface area contributed by atoms with Crippen LogP contribution in [0, 0.1) is 5.82 Å². The molecule has 37 heavy (non-hydrogen) atoms. The molecule has 1 aromatic carbocycles. The average Bonchev–Trinajstić information content (AvgIpc) is 2.81. The molecule has 4 N–H and O–H groups in total. The lowest BCUT2D eigenvalue weighted by Crippen LogP contribution is -2.48. The normalized spacial score (nSPS) is 11.7. The number of para-hydroxylation sites is 1. The molecule has 1 unspecified atom stereocenters. The zero-order valence-electron chi connectivity index (χ0n) is 21.2. The highest BCUT2D eigenvalue weighted by Crippen LogP contribution is 2.12. The Balaban J connectivity index is 2.53. The van der Waals surface area contributed by atoms with Crippen LogP contribution in [0.1, 0.15) is 40.0 Å². The Labute approximate surface area is 214 Å². The minimum absolute atomic E-state index is 0.182. The summed E-state index contributed by atoms with van der Waals surface area (Å²) in [4.78, 5) is 60.3. The number of anilines is 1. The molecule has 0 spiro atoms. The predicted molar refractivity (Wildman–Crippen MR) is 130 cm³/mol. The van der Waals surface area contributed by atoms with E-state index >= 15 is 0 Å². The number of Topliss-reactive ketones (excluding diaryl/α,β-unsaturated/α-hetero) is 1. The van der Waals surface area contributed by atoms with Crippen molar-refractivity contribution in [2.45, 2.75) is 51.7 Å². The van der Waals surface area contributed by atoms with Crippen molar-refractivity contribution in [1.82, 2.24) is 16.0 Å². The van der Waals surface area contributed by atoms with Crippen LogP contribution in [0.25, 0.3) is 0 Å². The molecule has 11 nitrogen and oxygen atoms in total. The van der Waals surface area contributed by atoms with Crippen LogP contribution >= 0.6 is 0 Å². The van der Waals surface area contributed by atoms with Crippen molar-refractivity contribution >= 4 is 35.3 Å². The molecular formula is C24H34F2N4O7. The smallest absolute Gasteiger partial charge is 0.407 e. The van der Waals surface area contributed by atoms with Gasteiger partial charge >= 0.3 is 17.9 Å². The second-order valence-electron chi connectivity index (χ2n) is 8.87. The monoisotopic (exact) mass is 528 g/mol. The number of unbranched alkanes of at least 4 members (excludes halogenated alkanes) is 1. The van der Waals surface area contributed by atoms with Crippen molar-refractivity contribution in [3.63, 3.8) is 0 Å². The van der Waals surface area contributed by atoms with Gasteiger partial charge in [-0.2, -0.15) is 0 Å². The van der Waals surface area contributed by atoms with Crippen LogP contribution in [0.15, 0.2) is 24.3 Å². The third kappa shape index (κ3) is 13.9. The minimum atomic E-state index is -1.18. The molecule has 0 fully saturated rings. The Morgan fingerprint density at radius 3 is 2.35 bits per heavy atom. The molecule has 0 saturated carbocycles. The molecule has 0 heterocycles. The standard InChI is InChI=1S/C24H34F2N4O7/c1-24(2,3)37-23(35)27-12-7-6-10-18(19(31)15-36-13-11-25)29-20(32)14-28-21(33)22(34)30-17-9-5-4-8-16(17)26/h4-5,8-9,18H,6-7,10-15H2,1-3H3,(H,27,35)(H,28,33)(H,29,32)(H,30,34). The quantitative estimate of drug-likeness (QED) is 0.212. The van der Waals surface area contributed by atoms with Crippen LogP contribution in [0.3, 0.4) is 0 Å². The molecule has 0 aliphatic heterocycles. The van der Waals surface area contributed by atoms with Crippen molar-refractivity contribution in [3.8, 4) is 0 Å². The zero-order chi connectivity index (χ0) is 27.8. The van der Waals surface area contributed by atoms with Crippen molar-refractivity contribution in [2.75, 3.05) is 38.3 Å². The molecule has 206 valence electrons. The zero-order valence-corrected chi connectivity index (χ0v) is 21.2. The van der Waals surface area contributed by atoms with Gasteiger partial charge in [-0.25, -0.2) is 13.6 Å². The van der Waals surface area contributed by atoms with Gasteiger partial charge in [0.15, 0.2) is 5.78 Å². The number of alkyl halides is 1. The fourth-order valence-electron chi connectivity index (χ4n) is 2.85. The lowest BCUT2D eigenvalue weighted by Gasteiger charge is -2.20. The van der Waals surface area contributed by atoms with Gasteiger partial charge in [0.25, 0.3) is 0 Å². The third-order valence-electron chi connectivity index (χ3n) is 4.52. The number of alkyl carbamates (subject to hydrolysis) is 1. The van der Waals surface area contributed by atoms with Crippen LogP contribution in [0.5, 0.6) is 0 Å². The summed E-state index contributed by atoms with van der Waals surface area (Å²) in [6.07, 6.45) is 0.494. The number of ketones is 1. The largest absolute Gasteiger partial charge is 0.444 e. The Kier molecular flexibility index (Phi) is 13.8. The molecule has 0 radical (unpaired) electrons. The van der Waals surface area contributed by atoms with E-state index in [1.54, 1.807) is 20.8 Å². The third-order valence-corrected chi connectivity index (χ3v) is 4.52. The van der Waals surface area contributed by atoms with Crippen molar-refractivity contribution < 1.29 is 42.2 Å². The van der Waals surface area contributed by atoms with E-state index in [4.69, 9.17) is 9.47 Å². The van der Waals surface area contributed by atoms with E-state index < -0.39 is 66.9 Å². The summed E-state index contributed by atoms with van der Waals surface area (Å²) < 4.78 is 35.9. The van der Waals surface area contributed by atoms with Crippen molar-refractivity contribution in [1.29, 1.82) is 0 Å². The number of nitrogens with one attached hydrogen (secondary N) is 4. The van der Waals surface area contributed by atoms with E-state index in [2.05, 4.69) is 21.3 Å². The first-order valence-electron chi connectivity index (χ1n) is 11.7. The molecule has 4 amide bonds. The molecule has 0 aliphatic rings. The maximum absolute atomic E-state index is 13.6. The predicted octanol–water partition coefficient (Wildman–Crippen LogP) is 1.62. The number of amides is 4. The molecular weight excluding hydrogens is 494 g/mol. The first-order valence-corrected chi connectivity index (χ1v) is 11.7. The van der Waals surface area contributed by atoms with Gasteiger partial charge in [0.2, 0.25) is 5.91 Å². The van der Waals surface area contributed by atoms with E-state index in [-0.39, 0.29) is 25.3 Å². The summed E-state index contributed by atoms with van der Waals surface area (Å²) >= 11 is 0. The summed E-state index contributed by atoms with van der Waals surface area (Å²) in [5.74, 6) is -4.37. The van der Waals surface area contributed by atoms with Crippen molar-refractivity contribution in [3.05, 3.63) is 30.1 Å². The number of carbonyl (C=O) groups is 5. The van der Waals surface area contributed by atoms with Gasteiger partial charge in [0.1, 0.15) is 24.7 Å². The highest BCUT2D eigenvalue weighted by Gasteiger charge is 2.22. The minimum Gasteiger partial charge on any atom is -0.444 e. The van der Waals surface area contributed by atoms with E-state index in [9.17, 15) is 32.8 Å². The second kappa shape index (κ2) is 16.2. The highest BCUT2D eigenvalue weighted by molar-refractivity contribution is 6.39. The van der Waals surface area contributed by atoms with Gasteiger partial charge in [-0.05, 0) is 52.2 Å². The summed E-state index contributed by atoms with van der Waals surface area (Å²) in [6, 6.07) is 4.23. The molecule has 1 rings (SSSR count). The van der Waals surface area contributed by atoms with Crippen LogP contribution in [-0.4, -0.2) is 74.2 Å². The second-order valence-corrected chi connectivity index (χ2v) is 8.87. The van der Waals surface area contributed by atoms with Crippen LogP contribution in [-0.2, 0) is 28.7 Å². The van der Waals surface area contributed by atoms with E-state index in [0.29, 0.717) is 12.8 Å². The Bertz CT molecular complexity index is 938. The molecule has 0 bridgehead atoms. The topological polar surface area (TPSA) is 152 Å². The Morgan fingerprint density at radius 1 is 1.00 bits per heavy atom. The van der Waals surface area contributed by atoms with Crippen LogP contribution < -0.4 is 21.3 Å². The van der Waals surface area contributed by atoms with Gasteiger partial charge in [-0.1, -0.05) is 12.1 Å². The fourth-order valence-corrected chi connectivity index (χ4v) is 2.85.